The van der Waals surface area contributed by atoms with Crippen LogP contribution in [0.3, 0.4) is 0 Å². The van der Waals surface area contributed by atoms with Crippen LogP contribution >= 0.6 is 0 Å². The molecular weight excluding hydrogens is 454 g/mol. The predicted molar refractivity (Wildman–Crippen MR) is 132 cm³/mol. The molecule has 0 aliphatic carbocycles. The van der Waals surface area contributed by atoms with E-state index in [0.717, 1.165) is 11.4 Å². The van der Waals surface area contributed by atoms with Gasteiger partial charge in [0.1, 0.15) is 24.7 Å². The molecule has 0 aliphatic rings. The Morgan fingerprint density at radius 2 is 1.09 bits per heavy atom. The number of rotatable bonds is 12. The van der Waals surface area contributed by atoms with Gasteiger partial charge < -0.3 is 28.4 Å². The Bertz CT molecular complexity index is 786. The number of ether oxygens (including phenoxy) is 6. The first kappa shape index (κ1) is 32.1. The summed E-state index contributed by atoms with van der Waals surface area (Å²) in [5.41, 5.74) is 1.91. The molecule has 2 rings (SSSR count). The number of esters is 2. The minimum Gasteiger partial charge on any atom is -0.425 e. The average molecular weight is 494 g/mol. The SMILES string of the molecule is C.CC(C)OCc1cccc(COC(C)C)n1.COCC(=O)Oc1ccc(OC(=O)COC)cc1. The van der Waals surface area contributed by atoms with E-state index in [1.165, 1.54) is 38.5 Å². The van der Waals surface area contributed by atoms with Crippen molar-refractivity contribution in [2.24, 2.45) is 0 Å². The second kappa shape index (κ2) is 18.5. The van der Waals surface area contributed by atoms with Crippen molar-refractivity contribution in [1.29, 1.82) is 0 Å². The Balaban J connectivity index is 0.000000646. The van der Waals surface area contributed by atoms with E-state index in [4.69, 9.17) is 18.9 Å². The molecule has 0 saturated carbocycles. The third kappa shape index (κ3) is 15.6. The summed E-state index contributed by atoms with van der Waals surface area (Å²) < 4.78 is 30.1. The Kier molecular flexibility index (Phi) is 17.0. The molecule has 1 aromatic heterocycles. The smallest absolute Gasteiger partial charge is 0.337 e. The zero-order valence-electron chi connectivity index (χ0n) is 20.7. The Labute approximate surface area is 208 Å². The van der Waals surface area contributed by atoms with Crippen molar-refractivity contribution in [3.05, 3.63) is 53.9 Å². The van der Waals surface area contributed by atoms with E-state index in [9.17, 15) is 9.59 Å². The summed E-state index contributed by atoms with van der Waals surface area (Å²) in [6.07, 6.45) is 0.467. The number of carbonyl (C=O) groups excluding carboxylic acids is 2. The molecule has 9 nitrogen and oxygen atoms in total. The van der Waals surface area contributed by atoms with Crippen LogP contribution in [0.15, 0.2) is 42.5 Å². The van der Waals surface area contributed by atoms with Crippen molar-refractivity contribution in [3.63, 3.8) is 0 Å². The normalized spacial score (nSPS) is 10.3. The van der Waals surface area contributed by atoms with Gasteiger partial charge in [-0.2, -0.15) is 0 Å². The quantitative estimate of drug-likeness (QED) is 0.315. The van der Waals surface area contributed by atoms with E-state index in [-0.39, 0.29) is 32.8 Å². The Morgan fingerprint density at radius 1 is 0.714 bits per heavy atom. The Morgan fingerprint density at radius 3 is 1.40 bits per heavy atom. The molecule has 0 bridgehead atoms. The molecule has 0 spiro atoms. The van der Waals surface area contributed by atoms with E-state index in [0.29, 0.717) is 24.7 Å². The van der Waals surface area contributed by atoms with Crippen LogP contribution in [0.25, 0.3) is 0 Å². The van der Waals surface area contributed by atoms with Gasteiger partial charge in [-0.1, -0.05) is 13.5 Å². The molecule has 0 atom stereocenters. The first-order valence-corrected chi connectivity index (χ1v) is 10.9. The molecule has 1 aromatic carbocycles. The van der Waals surface area contributed by atoms with Gasteiger partial charge in [-0.25, -0.2) is 9.59 Å². The largest absolute Gasteiger partial charge is 0.425 e. The van der Waals surface area contributed by atoms with E-state index in [1.54, 1.807) is 0 Å². The van der Waals surface area contributed by atoms with Gasteiger partial charge in [0.25, 0.3) is 0 Å². The fourth-order valence-electron chi connectivity index (χ4n) is 2.33. The summed E-state index contributed by atoms with van der Waals surface area (Å²) in [5, 5.41) is 0. The van der Waals surface area contributed by atoms with Crippen molar-refractivity contribution < 1.29 is 38.0 Å². The van der Waals surface area contributed by atoms with Gasteiger partial charge in [-0.05, 0) is 64.1 Å². The molecule has 196 valence electrons. The number of nitrogens with zero attached hydrogens (tertiary/aromatic N) is 1. The molecule has 35 heavy (non-hydrogen) atoms. The lowest BCUT2D eigenvalue weighted by Crippen LogP contribution is -2.15. The molecule has 0 amide bonds. The summed E-state index contributed by atoms with van der Waals surface area (Å²) >= 11 is 0. The predicted octanol–water partition coefficient (Wildman–Crippen LogP) is 4.36. The number of hydrogen-bond donors (Lipinski definition) is 0. The van der Waals surface area contributed by atoms with Crippen LogP contribution in [0.2, 0.25) is 0 Å². The number of hydrogen-bond acceptors (Lipinski definition) is 9. The van der Waals surface area contributed by atoms with Crippen molar-refractivity contribution in [2.75, 3.05) is 27.4 Å². The van der Waals surface area contributed by atoms with Crippen LogP contribution in [-0.4, -0.2) is 56.6 Å². The van der Waals surface area contributed by atoms with Crippen LogP contribution in [0.4, 0.5) is 0 Å². The second-order valence-corrected chi connectivity index (χ2v) is 7.63. The average Bonchev–Trinajstić information content (AvgIpc) is 2.79. The standard InChI is InChI=1S/C13H21NO2.C12H14O6.CH4/c1-10(2)15-8-12-6-5-7-13(14-12)9-16-11(3)4;1-15-7-11(13)17-9-3-5-10(6-4-9)18-12(14)8-16-2;/h5-7,10-11H,8-9H2,1-4H3;3-6H,7-8H2,1-2H3;1H4. The zero-order valence-corrected chi connectivity index (χ0v) is 20.7. The second-order valence-electron chi connectivity index (χ2n) is 7.63. The first-order valence-electron chi connectivity index (χ1n) is 10.9. The molecule has 0 aliphatic heterocycles. The lowest BCUT2D eigenvalue weighted by molar-refractivity contribution is -0.139. The molecule has 0 radical (unpaired) electrons. The third-order valence-corrected chi connectivity index (χ3v) is 3.81. The Hall–Kier alpha value is -2.85. The molecule has 9 heteroatoms. The fraction of sp³-hybridized carbons (Fsp3) is 0.500. The number of aromatic nitrogens is 1. The van der Waals surface area contributed by atoms with E-state index in [1.807, 2.05) is 45.9 Å². The summed E-state index contributed by atoms with van der Waals surface area (Å²) in [7, 11) is 2.80. The summed E-state index contributed by atoms with van der Waals surface area (Å²) in [5.74, 6) is -0.296. The molecule has 0 fully saturated rings. The zero-order chi connectivity index (χ0) is 25.3. The highest BCUT2D eigenvalue weighted by molar-refractivity contribution is 5.74. The lowest BCUT2D eigenvalue weighted by Gasteiger charge is -2.09. The minimum atomic E-state index is -0.498. The number of methoxy groups -OCH3 is 2. The van der Waals surface area contributed by atoms with Crippen LogP contribution in [-0.2, 0) is 41.8 Å². The van der Waals surface area contributed by atoms with Gasteiger partial charge in [-0.3, -0.25) is 4.98 Å². The van der Waals surface area contributed by atoms with Crippen molar-refractivity contribution >= 4 is 11.9 Å². The van der Waals surface area contributed by atoms with Crippen LogP contribution in [0.5, 0.6) is 11.5 Å². The molecule has 1 heterocycles. The fourth-order valence-corrected chi connectivity index (χ4v) is 2.33. The van der Waals surface area contributed by atoms with Crippen molar-refractivity contribution in [2.45, 2.75) is 60.5 Å². The van der Waals surface area contributed by atoms with Gasteiger partial charge in [0.05, 0.1) is 36.8 Å². The topological polar surface area (TPSA) is 102 Å². The van der Waals surface area contributed by atoms with E-state index >= 15 is 0 Å². The van der Waals surface area contributed by atoms with Crippen LogP contribution in [0.1, 0.15) is 46.5 Å². The van der Waals surface area contributed by atoms with Crippen LogP contribution < -0.4 is 9.47 Å². The summed E-state index contributed by atoms with van der Waals surface area (Å²) in [6.45, 7) is 8.96. The number of carbonyl (C=O) groups is 2. The number of pyridine rings is 1. The van der Waals surface area contributed by atoms with E-state index < -0.39 is 11.9 Å². The van der Waals surface area contributed by atoms with Crippen LogP contribution in [0, 0.1) is 0 Å². The van der Waals surface area contributed by atoms with Gasteiger partial charge in [0.15, 0.2) is 0 Å². The van der Waals surface area contributed by atoms with Gasteiger partial charge in [0.2, 0.25) is 0 Å². The maximum Gasteiger partial charge on any atom is 0.337 e. The number of benzene rings is 1. The van der Waals surface area contributed by atoms with E-state index in [2.05, 4.69) is 14.5 Å². The highest BCUT2D eigenvalue weighted by Crippen LogP contribution is 2.17. The highest BCUT2D eigenvalue weighted by atomic mass is 16.6. The molecule has 2 aromatic rings. The van der Waals surface area contributed by atoms with Gasteiger partial charge in [0, 0.05) is 14.2 Å². The summed E-state index contributed by atoms with van der Waals surface area (Å²) in [6, 6.07) is 12.0. The minimum absolute atomic E-state index is 0. The van der Waals surface area contributed by atoms with Gasteiger partial charge >= 0.3 is 11.9 Å². The maximum absolute atomic E-state index is 11.1. The molecule has 0 saturated heterocycles. The maximum atomic E-state index is 11.1. The highest BCUT2D eigenvalue weighted by Gasteiger charge is 2.06. The molecular formula is C26H39NO8. The first-order chi connectivity index (χ1) is 16.2. The molecule has 0 N–H and O–H groups in total. The third-order valence-electron chi connectivity index (χ3n) is 3.81. The monoisotopic (exact) mass is 493 g/mol. The van der Waals surface area contributed by atoms with Crippen molar-refractivity contribution in [3.8, 4) is 11.5 Å². The summed E-state index contributed by atoms with van der Waals surface area (Å²) in [4.78, 5) is 26.7. The molecule has 0 unspecified atom stereocenters. The lowest BCUT2D eigenvalue weighted by atomic mass is 10.3. The van der Waals surface area contributed by atoms with Crippen molar-refractivity contribution in [1.82, 2.24) is 4.98 Å². The van der Waals surface area contributed by atoms with Gasteiger partial charge in [-0.15, -0.1) is 0 Å².